The fraction of sp³-hybridized carbons (Fsp3) is 0.739. The molecule has 0 spiro atoms. The van der Waals surface area contributed by atoms with Gasteiger partial charge in [-0.25, -0.2) is 4.79 Å². The molecule has 1 amide bonds. The average Bonchev–Trinajstić information content (AvgIpc) is 3.40. The first kappa shape index (κ1) is 23.4. The van der Waals surface area contributed by atoms with Crippen molar-refractivity contribution in [3.8, 4) is 0 Å². The molecule has 1 saturated heterocycles. The molecule has 1 aromatic heterocycles. The maximum Gasteiger partial charge on any atom is 0.407 e. The Kier molecular flexibility index (Phi) is 8.63. The van der Waals surface area contributed by atoms with Gasteiger partial charge in [0, 0.05) is 31.7 Å². The Bertz CT molecular complexity index is 685. The lowest BCUT2D eigenvalue weighted by atomic mass is 9.91. The third-order valence-corrected chi connectivity index (χ3v) is 5.51. The minimum Gasteiger partial charge on any atom is -0.469 e. The Morgan fingerprint density at radius 1 is 1.16 bits per heavy atom. The summed E-state index contributed by atoms with van der Waals surface area (Å²) in [5.74, 6) is 1.78. The highest BCUT2D eigenvalue weighted by Gasteiger charge is 2.25. The van der Waals surface area contributed by atoms with Gasteiger partial charge in [-0.2, -0.15) is 0 Å². The largest absolute Gasteiger partial charge is 0.469 e. The van der Waals surface area contributed by atoms with Gasteiger partial charge in [-0.05, 0) is 71.4 Å². The van der Waals surface area contributed by atoms with E-state index < -0.39 is 5.60 Å². The lowest BCUT2D eigenvalue weighted by Crippen LogP contribution is -2.48. The van der Waals surface area contributed by atoms with E-state index in [-0.39, 0.29) is 18.2 Å². The molecule has 0 aromatic carbocycles. The van der Waals surface area contributed by atoms with E-state index in [2.05, 4.69) is 16.0 Å². The molecule has 1 aliphatic heterocycles. The van der Waals surface area contributed by atoms with Crippen molar-refractivity contribution in [2.75, 3.05) is 19.7 Å². The molecule has 1 saturated carbocycles. The molecule has 1 atom stereocenters. The van der Waals surface area contributed by atoms with Crippen LogP contribution in [-0.4, -0.2) is 55.5 Å². The Hall–Kier alpha value is -2.22. The number of carbonyl (C=O) groups is 1. The molecule has 1 unspecified atom stereocenters. The van der Waals surface area contributed by atoms with Crippen LogP contribution in [0.2, 0.25) is 0 Å². The lowest BCUT2D eigenvalue weighted by molar-refractivity contribution is 0.0490. The summed E-state index contributed by atoms with van der Waals surface area (Å²) in [7, 11) is 0. The molecule has 0 radical (unpaired) electrons. The second-order valence-corrected chi connectivity index (χ2v) is 9.42. The van der Waals surface area contributed by atoms with Crippen LogP contribution in [0, 0.1) is 0 Å². The van der Waals surface area contributed by atoms with E-state index in [1.807, 2.05) is 32.9 Å². The van der Waals surface area contributed by atoms with Crippen LogP contribution in [0.25, 0.3) is 0 Å². The Labute approximate surface area is 185 Å². The predicted octanol–water partition coefficient (Wildman–Crippen LogP) is 3.37. The van der Waals surface area contributed by atoms with Crippen molar-refractivity contribution in [2.45, 2.75) is 89.5 Å². The van der Waals surface area contributed by atoms with Gasteiger partial charge in [0.1, 0.15) is 11.4 Å². The number of ether oxygens (including phenoxy) is 2. The number of alkyl carbamates (subject to hydrolysis) is 1. The summed E-state index contributed by atoms with van der Waals surface area (Å²) >= 11 is 0. The fourth-order valence-corrected chi connectivity index (χ4v) is 3.94. The highest BCUT2D eigenvalue weighted by atomic mass is 16.6. The summed E-state index contributed by atoms with van der Waals surface area (Å²) in [5, 5.41) is 10.0. The molecule has 31 heavy (non-hydrogen) atoms. The monoisotopic (exact) mass is 434 g/mol. The van der Waals surface area contributed by atoms with Crippen molar-refractivity contribution in [2.24, 2.45) is 4.99 Å². The van der Waals surface area contributed by atoms with E-state index in [1.165, 1.54) is 0 Å². The molecule has 174 valence electrons. The number of guanidine groups is 1. The second kappa shape index (κ2) is 11.4. The van der Waals surface area contributed by atoms with Gasteiger partial charge in [0.25, 0.3) is 0 Å². The minimum absolute atomic E-state index is 0.159. The van der Waals surface area contributed by atoms with Gasteiger partial charge >= 0.3 is 6.09 Å². The van der Waals surface area contributed by atoms with Crippen molar-refractivity contribution < 1.29 is 18.7 Å². The van der Waals surface area contributed by atoms with Crippen LogP contribution in [0.1, 0.15) is 65.1 Å². The van der Waals surface area contributed by atoms with Crippen molar-refractivity contribution >= 4 is 12.1 Å². The summed E-state index contributed by atoms with van der Waals surface area (Å²) in [5.41, 5.74) is -0.474. The van der Waals surface area contributed by atoms with E-state index in [0.29, 0.717) is 12.6 Å². The number of furan rings is 1. The molecular weight excluding hydrogens is 396 g/mol. The number of aliphatic imine (C=N–C) groups is 1. The average molecular weight is 435 g/mol. The van der Waals surface area contributed by atoms with Gasteiger partial charge in [-0.1, -0.05) is 0 Å². The Morgan fingerprint density at radius 3 is 2.52 bits per heavy atom. The predicted molar refractivity (Wildman–Crippen MR) is 120 cm³/mol. The lowest BCUT2D eigenvalue weighted by Gasteiger charge is -2.31. The number of hydrogen-bond donors (Lipinski definition) is 3. The third kappa shape index (κ3) is 8.81. The van der Waals surface area contributed by atoms with Gasteiger partial charge in [0.05, 0.1) is 18.9 Å². The van der Waals surface area contributed by atoms with Crippen molar-refractivity contribution in [3.63, 3.8) is 0 Å². The first-order valence-electron chi connectivity index (χ1n) is 11.6. The Balaban J connectivity index is 1.44. The number of amides is 1. The SMILES string of the molecule is CC(C)(C)OC(=O)NC1CCC(NC(=NCC2CCCO2)NCCc2ccco2)CC1. The normalized spacial score (nSPS) is 24.6. The zero-order valence-electron chi connectivity index (χ0n) is 19.1. The Morgan fingerprint density at radius 2 is 1.90 bits per heavy atom. The fourth-order valence-electron chi connectivity index (χ4n) is 3.94. The maximum absolute atomic E-state index is 12.0. The molecule has 3 N–H and O–H groups in total. The molecule has 0 bridgehead atoms. The summed E-state index contributed by atoms with van der Waals surface area (Å²) in [6.45, 7) is 7.90. The van der Waals surface area contributed by atoms with E-state index in [9.17, 15) is 4.79 Å². The van der Waals surface area contributed by atoms with Crippen LogP contribution < -0.4 is 16.0 Å². The first-order chi connectivity index (χ1) is 14.9. The molecule has 2 heterocycles. The topological polar surface area (TPSA) is 97.1 Å². The highest BCUT2D eigenvalue weighted by Crippen LogP contribution is 2.19. The van der Waals surface area contributed by atoms with Crippen LogP contribution in [0.5, 0.6) is 0 Å². The molecule has 1 aliphatic carbocycles. The van der Waals surface area contributed by atoms with Gasteiger partial charge in [-0.15, -0.1) is 0 Å². The standard InChI is InChI=1S/C23H38N4O4/c1-23(2,3)31-22(28)27-18-10-8-17(9-11-18)26-21(25-16-20-7-5-15-30-20)24-13-12-19-6-4-14-29-19/h4,6,14,17-18,20H,5,7-13,15-16H2,1-3H3,(H,27,28)(H2,24,25,26). The molecule has 1 aromatic rings. The van der Waals surface area contributed by atoms with Crippen molar-refractivity contribution in [1.82, 2.24) is 16.0 Å². The second-order valence-electron chi connectivity index (χ2n) is 9.42. The summed E-state index contributed by atoms with van der Waals surface area (Å²) < 4.78 is 16.5. The van der Waals surface area contributed by atoms with Gasteiger partial charge in [0.15, 0.2) is 5.96 Å². The third-order valence-electron chi connectivity index (χ3n) is 5.51. The van der Waals surface area contributed by atoms with Crippen molar-refractivity contribution in [1.29, 1.82) is 0 Å². The van der Waals surface area contributed by atoms with Crippen LogP contribution in [0.4, 0.5) is 4.79 Å². The van der Waals surface area contributed by atoms with E-state index in [4.69, 9.17) is 18.9 Å². The van der Waals surface area contributed by atoms with Crippen LogP contribution in [0.15, 0.2) is 27.8 Å². The number of nitrogens with zero attached hydrogens (tertiary/aromatic N) is 1. The van der Waals surface area contributed by atoms with Gasteiger partial charge in [-0.3, -0.25) is 4.99 Å². The zero-order chi connectivity index (χ0) is 22.1. The van der Waals surface area contributed by atoms with E-state index in [0.717, 1.165) is 69.8 Å². The molecule has 8 heteroatoms. The molecule has 8 nitrogen and oxygen atoms in total. The minimum atomic E-state index is -0.474. The number of hydrogen-bond acceptors (Lipinski definition) is 5. The van der Waals surface area contributed by atoms with Crippen LogP contribution in [0.3, 0.4) is 0 Å². The van der Waals surface area contributed by atoms with E-state index >= 15 is 0 Å². The van der Waals surface area contributed by atoms with E-state index in [1.54, 1.807) is 6.26 Å². The summed E-state index contributed by atoms with van der Waals surface area (Å²) in [6, 6.07) is 4.38. The van der Waals surface area contributed by atoms with Crippen molar-refractivity contribution in [3.05, 3.63) is 24.2 Å². The molecule has 2 fully saturated rings. The molecule has 3 rings (SSSR count). The van der Waals surface area contributed by atoms with Gasteiger partial charge in [0.2, 0.25) is 0 Å². The maximum atomic E-state index is 12.0. The summed E-state index contributed by atoms with van der Waals surface area (Å²) in [6.07, 6.45) is 8.36. The van der Waals surface area contributed by atoms with Crippen LogP contribution >= 0.6 is 0 Å². The summed E-state index contributed by atoms with van der Waals surface area (Å²) in [4.78, 5) is 16.8. The number of nitrogens with one attached hydrogen (secondary N) is 3. The highest BCUT2D eigenvalue weighted by molar-refractivity contribution is 5.80. The van der Waals surface area contributed by atoms with Gasteiger partial charge < -0.3 is 29.8 Å². The molecular formula is C23H38N4O4. The van der Waals surface area contributed by atoms with Crippen LogP contribution in [-0.2, 0) is 15.9 Å². The number of rotatable bonds is 7. The first-order valence-corrected chi connectivity index (χ1v) is 11.6. The zero-order valence-corrected chi connectivity index (χ0v) is 19.1. The number of carbonyl (C=O) groups excluding carboxylic acids is 1. The molecule has 2 aliphatic rings. The smallest absolute Gasteiger partial charge is 0.407 e. The quantitative estimate of drug-likeness (QED) is 0.450.